The van der Waals surface area contributed by atoms with Gasteiger partial charge in [-0.15, -0.1) is 0 Å². The average Bonchev–Trinajstić information content (AvgIpc) is 2.83. The molecule has 0 unspecified atom stereocenters. The molecule has 1 heterocycles. The Hall–Kier alpha value is -1.43. The molecule has 0 atom stereocenters. The third-order valence-electron chi connectivity index (χ3n) is 2.37. The number of nitrogens with zero attached hydrogens (tertiary/aromatic N) is 1. The number of hydrogen-bond acceptors (Lipinski definition) is 6. The van der Waals surface area contributed by atoms with Gasteiger partial charge in [0.05, 0.1) is 0 Å². The lowest BCUT2D eigenvalue weighted by atomic mass is 10.5. The summed E-state index contributed by atoms with van der Waals surface area (Å²) in [4.78, 5) is -0.428. The highest BCUT2D eigenvalue weighted by Crippen LogP contribution is 2.22. The summed E-state index contributed by atoms with van der Waals surface area (Å²) >= 11 is 0. The van der Waals surface area contributed by atoms with Crippen molar-refractivity contribution in [2.24, 2.45) is 0 Å². The molecule has 0 aliphatic rings. The van der Waals surface area contributed by atoms with Gasteiger partial charge in [0.2, 0.25) is 27.1 Å². The fourth-order valence-corrected chi connectivity index (χ4v) is 2.82. The summed E-state index contributed by atoms with van der Waals surface area (Å²) in [6.45, 7) is 1.60. The highest BCUT2D eigenvalue weighted by Gasteiger charge is 2.28. The summed E-state index contributed by atoms with van der Waals surface area (Å²) in [7, 11) is -5.61. The van der Waals surface area contributed by atoms with Crippen LogP contribution in [0, 0.1) is 5.21 Å². The van der Waals surface area contributed by atoms with E-state index < -0.39 is 30.0 Å². The molecule has 1 aromatic rings. The highest BCUT2D eigenvalue weighted by molar-refractivity contribution is 7.90. The summed E-state index contributed by atoms with van der Waals surface area (Å²) in [5.41, 5.74) is 0. The van der Waals surface area contributed by atoms with Gasteiger partial charge in [-0.3, -0.25) is 0 Å². The van der Waals surface area contributed by atoms with Crippen molar-refractivity contribution >= 4 is 26.3 Å². The van der Waals surface area contributed by atoms with E-state index in [-0.39, 0.29) is 12.3 Å². The number of sulfonamides is 2. The smallest absolute Gasteiger partial charge is 0.273 e. The minimum Gasteiger partial charge on any atom is -0.624 e. The lowest BCUT2D eigenvalue weighted by Gasteiger charge is -2.00. The van der Waals surface area contributed by atoms with Crippen molar-refractivity contribution in [2.45, 2.75) is 16.9 Å². The molecule has 0 saturated carbocycles. The number of hydroxylamine groups is 1. The molecule has 1 aromatic heterocycles. The SMILES string of the molecule is CC[N+]([O-])=Cc1oc(S(=O)(=O)NC)cc1S(=O)(=O)NC. The van der Waals surface area contributed by atoms with Crippen molar-refractivity contribution in [1.82, 2.24) is 9.44 Å². The second-order valence-corrected chi connectivity index (χ2v) is 7.24. The minimum atomic E-state index is -3.96. The Morgan fingerprint density at radius 2 is 1.80 bits per heavy atom. The van der Waals surface area contributed by atoms with Crippen LogP contribution in [0.15, 0.2) is 20.5 Å². The van der Waals surface area contributed by atoms with Crippen molar-refractivity contribution < 1.29 is 26.0 Å². The van der Waals surface area contributed by atoms with Gasteiger partial charge < -0.3 is 9.62 Å². The first-order valence-corrected chi connectivity index (χ1v) is 8.44. The number of nitrogens with one attached hydrogen (secondary N) is 2. The Bertz CT molecular complexity index is 717. The van der Waals surface area contributed by atoms with Gasteiger partial charge in [0, 0.05) is 6.07 Å². The normalized spacial score (nSPS) is 13.7. The summed E-state index contributed by atoms with van der Waals surface area (Å²) in [5.74, 6) is -0.356. The molecular formula is C9H15N3O6S2. The molecule has 0 aliphatic heterocycles. The Labute approximate surface area is 117 Å². The van der Waals surface area contributed by atoms with Crippen molar-refractivity contribution in [3.8, 4) is 0 Å². The van der Waals surface area contributed by atoms with Gasteiger partial charge in [-0.1, -0.05) is 0 Å². The maximum Gasteiger partial charge on any atom is 0.273 e. The summed E-state index contributed by atoms with van der Waals surface area (Å²) in [6, 6.07) is 0.840. The van der Waals surface area contributed by atoms with E-state index in [4.69, 9.17) is 4.42 Å². The molecule has 0 aromatic carbocycles. The van der Waals surface area contributed by atoms with Gasteiger partial charge in [-0.05, 0) is 21.0 Å². The van der Waals surface area contributed by atoms with E-state index in [0.29, 0.717) is 4.74 Å². The van der Waals surface area contributed by atoms with Crippen molar-refractivity contribution in [3.05, 3.63) is 17.0 Å². The van der Waals surface area contributed by atoms with E-state index in [0.717, 1.165) is 26.4 Å². The van der Waals surface area contributed by atoms with E-state index >= 15 is 0 Å². The summed E-state index contributed by atoms with van der Waals surface area (Å²) < 4.78 is 56.2. The number of rotatable bonds is 6. The van der Waals surface area contributed by atoms with Gasteiger partial charge in [0.15, 0.2) is 6.54 Å². The Morgan fingerprint density at radius 3 is 2.25 bits per heavy atom. The van der Waals surface area contributed by atoms with Crippen molar-refractivity contribution in [3.63, 3.8) is 0 Å². The maximum absolute atomic E-state index is 11.8. The van der Waals surface area contributed by atoms with Crippen LogP contribution in [0.1, 0.15) is 12.7 Å². The van der Waals surface area contributed by atoms with Gasteiger partial charge in [0.1, 0.15) is 4.90 Å². The zero-order chi connectivity index (χ0) is 15.6. The van der Waals surface area contributed by atoms with E-state index in [9.17, 15) is 22.0 Å². The molecule has 0 bridgehead atoms. The van der Waals surface area contributed by atoms with E-state index in [1.165, 1.54) is 0 Å². The largest absolute Gasteiger partial charge is 0.624 e. The van der Waals surface area contributed by atoms with E-state index in [1.54, 1.807) is 6.92 Å². The van der Waals surface area contributed by atoms with Gasteiger partial charge in [0.25, 0.3) is 10.0 Å². The predicted octanol–water partition coefficient (Wildman–Crippen LogP) is -0.955. The van der Waals surface area contributed by atoms with Crippen molar-refractivity contribution in [2.75, 3.05) is 20.6 Å². The molecule has 0 spiro atoms. The van der Waals surface area contributed by atoms with E-state index in [2.05, 4.69) is 0 Å². The van der Waals surface area contributed by atoms with Crippen LogP contribution >= 0.6 is 0 Å². The molecule has 0 fully saturated rings. The van der Waals surface area contributed by atoms with Crippen LogP contribution < -0.4 is 9.44 Å². The molecular weight excluding hydrogens is 310 g/mol. The maximum atomic E-state index is 11.8. The minimum absolute atomic E-state index is 0.0495. The fraction of sp³-hybridized carbons (Fsp3) is 0.444. The Kier molecular flexibility index (Phi) is 4.91. The number of furan rings is 1. The standard InChI is InChI=1S/C9H15N3O6S2/c1-4-12(13)6-7-8(19(14,15)10-2)5-9(18-7)20(16,17)11-3/h5-6,10-11H,4H2,1-3H3. The average molecular weight is 325 g/mol. The lowest BCUT2D eigenvalue weighted by molar-refractivity contribution is -0.448. The summed E-state index contributed by atoms with van der Waals surface area (Å²) in [5, 5.41) is 10.7. The fourth-order valence-electron chi connectivity index (χ4n) is 1.23. The third-order valence-corrected chi connectivity index (χ3v) is 5.07. The molecule has 9 nitrogen and oxygen atoms in total. The van der Waals surface area contributed by atoms with Crippen LogP contribution in [-0.2, 0) is 20.0 Å². The summed E-state index contributed by atoms with van der Waals surface area (Å²) in [6.07, 6.45) is 0.874. The third kappa shape index (κ3) is 3.36. The molecule has 0 saturated heterocycles. The lowest BCUT2D eigenvalue weighted by Crippen LogP contribution is -2.20. The van der Waals surface area contributed by atoms with Gasteiger partial charge in [-0.2, -0.15) is 0 Å². The monoisotopic (exact) mass is 325 g/mol. The molecule has 0 aliphatic carbocycles. The zero-order valence-corrected chi connectivity index (χ0v) is 12.7. The van der Waals surface area contributed by atoms with Crippen LogP contribution in [0.2, 0.25) is 0 Å². The second-order valence-electron chi connectivity index (χ2n) is 3.57. The van der Waals surface area contributed by atoms with Crippen LogP contribution in [0.4, 0.5) is 0 Å². The second kappa shape index (κ2) is 5.91. The first-order valence-electron chi connectivity index (χ1n) is 5.47. The molecule has 2 N–H and O–H groups in total. The van der Waals surface area contributed by atoms with Crippen LogP contribution in [0.25, 0.3) is 0 Å². The first-order chi connectivity index (χ1) is 9.17. The Morgan fingerprint density at radius 1 is 1.25 bits per heavy atom. The van der Waals surface area contributed by atoms with Gasteiger partial charge in [-0.25, -0.2) is 31.0 Å². The first kappa shape index (κ1) is 16.6. The number of hydrogen-bond donors (Lipinski definition) is 2. The topological polar surface area (TPSA) is 132 Å². The molecule has 20 heavy (non-hydrogen) atoms. The molecule has 0 amide bonds. The molecule has 0 radical (unpaired) electrons. The Balaban J connectivity index is 3.58. The predicted molar refractivity (Wildman–Crippen MR) is 70.5 cm³/mol. The van der Waals surface area contributed by atoms with Crippen molar-refractivity contribution in [1.29, 1.82) is 0 Å². The quantitative estimate of drug-likeness (QED) is 0.300. The molecule has 114 valence electrons. The molecule has 1 rings (SSSR count). The highest BCUT2D eigenvalue weighted by atomic mass is 32.2. The zero-order valence-electron chi connectivity index (χ0n) is 11.1. The molecule has 11 heteroatoms. The van der Waals surface area contributed by atoms with Crippen LogP contribution in [0.3, 0.4) is 0 Å². The van der Waals surface area contributed by atoms with Gasteiger partial charge >= 0.3 is 0 Å². The van der Waals surface area contributed by atoms with Crippen LogP contribution in [0.5, 0.6) is 0 Å². The van der Waals surface area contributed by atoms with E-state index in [1.807, 2.05) is 9.44 Å². The van der Waals surface area contributed by atoms with Crippen LogP contribution in [-0.4, -0.2) is 48.4 Å².